The Morgan fingerprint density at radius 3 is 2.48 bits per heavy atom. The molecular formula is C17H22N2O4. The van der Waals surface area contributed by atoms with Crippen molar-refractivity contribution in [1.82, 2.24) is 5.32 Å². The van der Waals surface area contributed by atoms with Gasteiger partial charge in [-0.2, -0.15) is 5.26 Å². The predicted molar refractivity (Wildman–Crippen MR) is 84.6 cm³/mol. The Balaban J connectivity index is 2.75. The number of benzene rings is 1. The largest absolute Gasteiger partial charge is 0.480 e. The Morgan fingerprint density at radius 1 is 1.26 bits per heavy atom. The second-order valence-corrected chi connectivity index (χ2v) is 5.58. The standard InChI is InChI=1S/C17H22N2O4/c1-11(2)9-14(17(21)22-4)19-16(20)12(3)23-15-8-6-5-7-13(15)10-18/h5-8,11-12,14H,9H2,1-4H3,(H,19,20). The van der Waals surface area contributed by atoms with E-state index in [2.05, 4.69) is 5.32 Å². The van der Waals surface area contributed by atoms with Crippen LogP contribution < -0.4 is 10.1 Å². The van der Waals surface area contributed by atoms with Crippen LogP contribution in [0.2, 0.25) is 0 Å². The van der Waals surface area contributed by atoms with E-state index < -0.39 is 24.0 Å². The van der Waals surface area contributed by atoms with Gasteiger partial charge in [-0.3, -0.25) is 4.79 Å². The summed E-state index contributed by atoms with van der Waals surface area (Å²) in [6, 6.07) is 7.95. The number of esters is 1. The number of nitrogens with zero attached hydrogens (tertiary/aromatic N) is 1. The van der Waals surface area contributed by atoms with Crippen LogP contribution in [0.15, 0.2) is 24.3 Å². The molecule has 124 valence electrons. The Labute approximate surface area is 136 Å². The molecule has 6 nitrogen and oxygen atoms in total. The lowest BCUT2D eigenvalue weighted by molar-refractivity contribution is -0.146. The summed E-state index contributed by atoms with van der Waals surface area (Å²) in [5.74, 6) is -0.378. The maximum Gasteiger partial charge on any atom is 0.328 e. The van der Waals surface area contributed by atoms with E-state index in [1.165, 1.54) is 7.11 Å². The number of para-hydroxylation sites is 1. The summed E-state index contributed by atoms with van der Waals surface area (Å²) >= 11 is 0. The van der Waals surface area contributed by atoms with E-state index in [0.29, 0.717) is 17.7 Å². The molecular weight excluding hydrogens is 296 g/mol. The Kier molecular flexibility index (Phi) is 7.07. The van der Waals surface area contributed by atoms with E-state index in [0.717, 1.165) is 0 Å². The molecule has 0 aliphatic carbocycles. The molecule has 0 aliphatic heterocycles. The topological polar surface area (TPSA) is 88.4 Å². The van der Waals surface area contributed by atoms with Gasteiger partial charge in [0.15, 0.2) is 6.10 Å². The lowest BCUT2D eigenvalue weighted by atomic mass is 10.0. The third-order valence-corrected chi connectivity index (χ3v) is 3.19. The highest BCUT2D eigenvalue weighted by molar-refractivity contribution is 5.86. The van der Waals surface area contributed by atoms with Crippen molar-refractivity contribution in [2.45, 2.75) is 39.3 Å². The first-order valence-corrected chi connectivity index (χ1v) is 7.43. The van der Waals surface area contributed by atoms with Gasteiger partial charge in [-0.15, -0.1) is 0 Å². The quantitative estimate of drug-likeness (QED) is 0.777. The van der Waals surface area contributed by atoms with Gasteiger partial charge in [-0.05, 0) is 31.4 Å². The van der Waals surface area contributed by atoms with Gasteiger partial charge < -0.3 is 14.8 Å². The summed E-state index contributed by atoms with van der Waals surface area (Å²) in [7, 11) is 1.28. The molecule has 1 rings (SSSR count). The molecule has 1 aromatic carbocycles. The van der Waals surface area contributed by atoms with Crippen molar-refractivity contribution in [3.63, 3.8) is 0 Å². The van der Waals surface area contributed by atoms with Crippen molar-refractivity contribution in [2.75, 3.05) is 7.11 Å². The monoisotopic (exact) mass is 318 g/mol. The van der Waals surface area contributed by atoms with Gasteiger partial charge in [-0.1, -0.05) is 26.0 Å². The SMILES string of the molecule is COC(=O)C(CC(C)C)NC(=O)C(C)Oc1ccccc1C#N. The van der Waals surface area contributed by atoms with Crippen LogP contribution >= 0.6 is 0 Å². The number of hydrogen-bond acceptors (Lipinski definition) is 5. The number of methoxy groups -OCH3 is 1. The average Bonchev–Trinajstić information content (AvgIpc) is 2.53. The number of ether oxygens (including phenoxy) is 2. The normalized spacial score (nSPS) is 12.9. The minimum absolute atomic E-state index is 0.218. The number of amides is 1. The second-order valence-electron chi connectivity index (χ2n) is 5.58. The second kappa shape index (κ2) is 8.79. The lowest BCUT2D eigenvalue weighted by Crippen LogP contribution is -2.47. The summed E-state index contributed by atoms with van der Waals surface area (Å²) in [4.78, 5) is 24.0. The Bertz CT molecular complexity index is 593. The molecule has 0 fully saturated rings. The number of carbonyl (C=O) groups excluding carboxylic acids is 2. The molecule has 6 heteroatoms. The molecule has 0 aromatic heterocycles. The molecule has 0 spiro atoms. The third-order valence-electron chi connectivity index (χ3n) is 3.19. The third kappa shape index (κ3) is 5.62. The average molecular weight is 318 g/mol. The zero-order valence-corrected chi connectivity index (χ0v) is 13.8. The zero-order chi connectivity index (χ0) is 17.4. The fourth-order valence-corrected chi connectivity index (χ4v) is 2.02. The van der Waals surface area contributed by atoms with Gasteiger partial charge in [0.2, 0.25) is 0 Å². The summed E-state index contributed by atoms with van der Waals surface area (Å²) < 4.78 is 10.2. The molecule has 23 heavy (non-hydrogen) atoms. The Morgan fingerprint density at radius 2 is 1.91 bits per heavy atom. The predicted octanol–water partition coefficient (Wildman–Crippen LogP) is 2.03. The summed E-state index contributed by atoms with van der Waals surface area (Å²) in [6.07, 6.45) is -0.372. The molecule has 0 aliphatic rings. The van der Waals surface area contributed by atoms with E-state index >= 15 is 0 Å². The van der Waals surface area contributed by atoms with Gasteiger partial charge in [-0.25, -0.2) is 4.79 Å². The van der Waals surface area contributed by atoms with Crippen molar-refractivity contribution >= 4 is 11.9 Å². The number of hydrogen-bond donors (Lipinski definition) is 1. The summed E-state index contributed by atoms with van der Waals surface area (Å²) in [5.41, 5.74) is 0.346. The smallest absolute Gasteiger partial charge is 0.328 e. The van der Waals surface area contributed by atoms with Gasteiger partial charge in [0, 0.05) is 0 Å². The van der Waals surface area contributed by atoms with Crippen molar-refractivity contribution < 1.29 is 19.1 Å². The molecule has 2 unspecified atom stereocenters. The van der Waals surface area contributed by atoms with Crippen LogP contribution in [0.25, 0.3) is 0 Å². The van der Waals surface area contributed by atoms with Gasteiger partial charge in [0.05, 0.1) is 12.7 Å². The van der Waals surface area contributed by atoms with E-state index in [9.17, 15) is 9.59 Å². The maximum atomic E-state index is 12.2. The van der Waals surface area contributed by atoms with Crippen LogP contribution in [-0.2, 0) is 14.3 Å². The van der Waals surface area contributed by atoms with Crippen LogP contribution in [0.5, 0.6) is 5.75 Å². The molecule has 0 radical (unpaired) electrons. The molecule has 1 N–H and O–H groups in total. The minimum Gasteiger partial charge on any atom is -0.480 e. The highest BCUT2D eigenvalue weighted by atomic mass is 16.5. The summed E-state index contributed by atoms with van der Waals surface area (Å²) in [6.45, 7) is 5.46. The minimum atomic E-state index is -0.844. The van der Waals surface area contributed by atoms with E-state index in [1.54, 1.807) is 31.2 Å². The number of rotatable bonds is 7. The molecule has 0 saturated heterocycles. The molecule has 2 atom stereocenters. The van der Waals surface area contributed by atoms with Crippen molar-refractivity contribution in [3.8, 4) is 11.8 Å². The van der Waals surface area contributed by atoms with Crippen LogP contribution in [0.3, 0.4) is 0 Å². The fourth-order valence-electron chi connectivity index (χ4n) is 2.02. The van der Waals surface area contributed by atoms with E-state index in [-0.39, 0.29) is 5.92 Å². The first kappa shape index (κ1) is 18.5. The lowest BCUT2D eigenvalue weighted by Gasteiger charge is -2.21. The first-order valence-electron chi connectivity index (χ1n) is 7.43. The van der Waals surface area contributed by atoms with Gasteiger partial charge in [0.25, 0.3) is 5.91 Å². The van der Waals surface area contributed by atoms with Crippen molar-refractivity contribution in [3.05, 3.63) is 29.8 Å². The van der Waals surface area contributed by atoms with Crippen LogP contribution in [0, 0.1) is 17.2 Å². The number of nitriles is 1. The number of carbonyl (C=O) groups is 2. The summed E-state index contributed by atoms with van der Waals surface area (Å²) in [5, 5.41) is 11.7. The molecule has 0 bridgehead atoms. The maximum absolute atomic E-state index is 12.2. The van der Waals surface area contributed by atoms with Crippen molar-refractivity contribution in [1.29, 1.82) is 5.26 Å². The van der Waals surface area contributed by atoms with Crippen LogP contribution in [-0.4, -0.2) is 31.1 Å². The molecule has 0 saturated carbocycles. The van der Waals surface area contributed by atoms with Gasteiger partial charge in [0.1, 0.15) is 17.9 Å². The highest BCUT2D eigenvalue weighted by Gasteiger charge is 2.26. The highest BCUT2D eigenvalue weighted by Crippen LogP contribution is 2.18. The molecule has 1 aromatic rings. The Hall–Kier alpha value is -2.55. The fraction of sp³-hybridized carbons (Fsp3) is 0.471. The van der Waals surface area contributed by atoms with E-state index in [4.69, 9.17) is 14.7 Å². The molecule has 0 heterocycles. The van der Waals surface area contributed by atoms with Crippen LogP contribution in [0.1, 0.15) is 32.8 Å². The first-order chi connectivity index (χ1) is 10.9. The number of nitrogens with one attached hydrogen (secondary N) is 1. The van der Waals surface area contributed by atoms with Crippen molar-refractivity contribution in [2.24, 2.45) is 5.92 Å². The van der Waals surface area contributed by atoms with Crippen LogP contribution in [0.4, 0.5) is 0 Å². The molecule has 1 amide bonds. The van der Waals surface area contributed by atoms with E-state index in [1.807, 2.05) is 19.9 Å². The zero-order valence-electron chi connectivity index (χ0n) is 13.8. The van der Waals surface area contributed by atoms with Gasteiger partial charge >= 0.3 is 5.97 Å².